The third kappa shape index (κ3) is 2.75. The summed E-state index contributed by atoms with van der Waals surface area (Å²) in [4.78, 5) is 4.66. The second-order valence-electron chi connectivity index (χ2n) is 5.22. The number of rotatable bonds is 4. The Kier molecular flexibility index (Phi) is 4.42. The first kappa shape index (κ1) is 14.7. The first-order chi connectivity index (χ1) is 8.95. The summed E-state index contributed by atoms with van der Waals surface area (Å²) < 4.78 is 2.26. The number of fused-ring (bicyclic) bond motifs is 1. The first-order valence-electron chi connectivity index (χ1n) is 6.77. The van der Waals surface area contributed by atoms with Crippen molar-refractivity contribution in [3.8, 4) is 0 Å². The van der Waals surface area contributed by atoms with E-state index in [0.29, 0.717) is 17.0 Å². The molecule has 0 amide bonds. The highest BCUT2D eigenvalue weighted by atomic mass is 35.5. The van der Waals surface area contributed by atoms with E-state index in [1.54, 1.807) is 0 Å². The van der Waals surface area contributed by atoms with Gasteiger partial charge in [0.15, 0.2) is 0 Å². The molecule has 0 aliphatic rings. The average Bonchev–Trinajstić information content (AvgIpc) is 2.75. The molecule has 0 N–H and O–H groups in total. The normalized spacial score (nSPS) is 16.5. The molecule has 1 aromatic carbocycles. The molecular formula is C15H20Cl2N2. The molecule has 1 heterocycles. The van der Waals surface area contributed by atoms with Crippen LogP contribution in [0.2, 0.25) is 5.02 Å². The minimum absolute atomic E-state index is 0.113. The SMILES string of the molecule is CCC(C)C(C)n1c(C(C)Cl)nc2cc(Cl)ccc21. The van der Waals surface area contributed by atoms with Crippen LogP contribution in [0.5, 0.6) is 0 Å². The molecule has 3 atom stereocenters. The van der Waals surface area contributed by atoms with Crippen molar-refractivity contribution in [1.82, 2.24) is 9.55 Å². The van der Waals surface area contributed by atoms with Gasteiger partial charge in [0.1, 0.15) is 5.82 Å². The van der Waals surface area contributed by atoms with Crippen LogP contribution >= 0.6 is 23.2 Å². The zero-order valence-corrected chi connectivity index (χ0v) is 13.3. The van der Waals surface area contributed by atoms with Crippen LogP contribution in [0.3, 0.4) is 0 Å². The summed E-state index contributed by atoms with van der Waals surface area (Å²) >= 11 is 12.3. The zero-order chi connectivity index (χ0) is 14.2. The average molecular weight is 299 g/mol. The van der Waals surface area contributed by atoms with Crippen LogP contribution in [0.15, 0.2) is 18.2 Å². The maximum absolute atomic E-state index is 6.30. The molecule has 1 aromatic heterocycles. The van der Waals surface area contributed by atoms with Crippen molar-refractivity contribution in [2.24, 2.45) is 5.92 Å². The van der Waals surface area contributed by atoms with Crippen LogP contribution in [0.4, 0.5) is 0 Å². The van der Waals surface area contributed by atoms with E-state index in [9.17, 15) is 0 Å². The lowest BCUT2D eigenvalue weighted by atomic mass is 10.0. The number of aromatic nitrogens is 2. The van der Waals surface area contributed by atoms with Crippen LogP contribution in [-0.2, 0) is 0 Å². The lowest BCUT2D eigenvalue weighted by Gasteiger charge is -2.23. The number of hydrogen-bond acceptors (Lipinski definition) is 1. The lowest BCUT2D eigenvalue weighted by Crippen LogP contribution is -2.16. The van der Waals surface area contributed by atoms with Gasteiger partial charge in [-0.15, -0.1) is 11.6 Å². The van der Waals surface area contributed by atoms with Crippen molar-refractivity contribution in [2.75, 3.05) is 0 Å². The van der Waals surface area contributed by atoms with Crippen molar-refractivity contribution in [3.63, 3.8) is 0 Å². The molecule has 104 valence electrons. The molecule has 0 aliphatic carbocycles. The van der Waals surface area contributed by atoms with E-state index in [2.05, 4.69) is 30.3 Å². The molecule has 0 spiro atoms. The number of imidazole rings is 1. The van der Waals surface area contributed by atoms with Gasteiger partial charge >= 0.3 is 0 Å². The fourth-order valence-electron chi connectivity index (χ4n) is 2.39. The molecule has 2 rings (SSSR count). The maximum Gasteiger partial charge on any atom is 0.127 e. The molecule has 0 saturated carbocycles. The van der Waals surface area contributed by atoms with Crippen LogP contribution in [0, 0.1) is 5.92 Å². The van der Waals surface area contributed by atoms with Gasteiger partial charge in [-0.3, -0.25) is 0 Å². The van der Waals surface area contributed by atoms with Gasteiger partial charge in [-0.25, -0.2) is 4.98 Å². The van der Waals surface area contributed by atoms with Crippen molar-refractivity contribution in [1.29, 1.82) is 0 Å². The molecule has 0 bridgehead atoms. The summed E-state index contributed by atoms with van der Waals surface area (Å²) in [5.74, 6) is 1.49. The highest BCUT2D eigenvalue weighted by molar-refractivity contribution is 6.31. The third-order valence-corrected chi connectivity index (χ3v) is 4.34. The molecule has 3 unspecified atom stereocenters. The highest BCUT2D eigenvalue weighted by Gasteiger charge is 2.22. The smallest absolute Gasteiger partial charge is 0.127 e. The van der Waals surface area contributed by atoms with Gasteiger partial charge in [-0.2, -0.15) is 0 Å². The molecule has 0 saturated heterocycles. The monoisotopic (exact) mass is 298 g/mol. The Balaban J connectivity index is 2.65. The molecule has 2 aromatic rings. The van der Waals surface area contributed by atoms with Crippen molar-refractivity contribution in [3.05, 3.63) is 29.0 Å². The van der Waals surface area contributed by atoms with E-state index in [1.807, 2.05) is 25.1 Å². The predicted octanol–water partition coefficient (Wildman–Crippen LogP) is 5.60. The molecule has 4 heteroatoms. The van der Waals surface area contributed by atoms with Crippen molar-refractivity contribution < 1.29 is 0 Å². The highest BCUT2D eigenvalue weighted by Crippen LogP contribution is 2.32. The lowest BCUT2D eigenvalue weighted by molar-refractivity contribution is 0.369. The summed E-state index contributed by atoms with van der Waals surface area (Å²) in [7, 11) is 0. The largest absolute Gasteiger partial charge is 0.324 e. The van der Waals surface area contributed by atoms with Crippen molar-refractivity contribution >= 4 is 34.2 Å². The number of nitrogens with zero attached hydrogens (tertiary/aromatic N) is 2. The molecule has 0 fully saturated rings. The molecule has 2 nitrogen and oxygen atoms in total. The van der Waals surface area contributed by atoms with Crippen LogP contribution in [-0.4, -0.2) is 9.55 Å². The summed E-state index contributed by atoms with van der Waals surface area (Å²) in [5.41, 5.74) is 2.03. The summed E-state index contributed by atoms with van der Waals surface area (Å²) in [6.07, 6.45) is 1.13. The van der Waals surface area contributed by atoms with E-state index in [0.717, 1.165) is 23.3 Å². The van der Waals surface area contributed by atoms with Gasteiger partial charge < -0.3 is 4.57 Å². The summed E-state index contributed by atoms with van der Waals surface area (Å²) in [6, 6.07) is 6.22. The Morgan fingerprint density at radius 3 is 2.53 bits per heavy atom. The van der Waals surface area contributed by atoms with Gasteiger partial charge in [0, 0.05) is 11.1 Å². The Hall–Kier alpha value is -0.730. The van der Waals surface area contributed by atoms with Crippen LogP contribution in [0.25, 0.3) is 11.0 Å². The van der Waals surface area contributed by atoms with Gasteiger partial charge in [-0.1, -0.05) is 31.9 Å². The van der Waals surface area contributed by atoms with Crippen LogP contribution in [0.1, 0.15) is 51.4 Å². The Morgan fingerprint density at radius 2 is 1.95 bits per heavy atom. The van der Waals surface area contributed by atoms with E-state index < -0.39 is 0 Å². The second kappa shape index (κ2) is 5.72. The Bertz CT molecular complexity index is 575. The number of benzene rings is 1. The third-order valence-electron chi connectivity index (χ3n) is 3.91. The Labute approximate surface area is 124 Å². The van der Waals surface area contributed by atoms with Gasteiger partial charge in [0.25, 0.3) is 0 Å². The zero-order valence-electron chi connectivity index (χ0n) is 11.8. The minimum atomic E-state index is -0.113. The maximum atomic E-state index is 6.30. The van der Waals surface area contributed by atoms with Gasteiger partial charge in [0.05, 0.1) is 16.4 Å². The molecule has 19 heavy (non-hydrogen) atoms. The number of alkyl halides is 1. The number of hydrogen-bond donors (Lipinski definition) is 0. The van der Waals surface area contributed by atoms with E-state index in [1.165, 1.54) is 0 Å². The molecule has 0 radical (unpaired) electrons. The summed E-state index contributed by atoms with van der Waals surface area (Å²) in [6.45, 7) is 8.66. The minimum Gasteiger partial charge on any atom is -0.324 e. The van der Waals surface area contributed by atoms with E-state index in [4.69, 9.17) is 23.2 Å². The van der Waals surface area contributed by atoms with Gasteiger partial charge in [-0.05, 0) is 38.0 Å². The number of halogens is 2. The van der Waals surface area contributed by atoms with Gasteiger partial charge in [0.2, 0.25) is 0 Å². The molecular weight excluding hydrogens is 279 g/mol. The van der Waals surface area contributed by atoms with Crippen molar-refractivity contribution in [2.45, 2.75) is 45.5 Å². The fraction of sp³-hybridized carbons (Fsp3) is 0.533. The topological polar surface area (TPSA) is 17.8 Å². The van der Waals surface area contributed by atoms with E-state index >= 15 is 0 Å². The predicted molar refractivity (Wildman–Crippen MR) is 83.2 cm³/mol. The van der Waals surface area contributed by atoms with Crippen LogP contribution < -0.4 is 0 Å². The van der Waals surface area contributed by atoms with E-state index in [-0.39, 0.29) is 5.38 Å². The molecule has 0 aliphatic heterocycles. The quantitative estimate of drug-likeness (QED) is 0.672. The standard InChI is InChI=1S/C15H20Cl2N2/c1-5-9(2)11(4)19-14-7-6-12(17)8-13(14)18-15(19)10(3)16/h6-11H,5H2,1-4H3. The summed E-state index contributed by atoms with van der Waals surface area (Å²) in [5, 5.41) is 0.597. The second-order valence-corrected chi connectivity index (χ2v) is 6.31. The fourth-order valence-corrected chi connectivity index (χ4v) is 2.72. The Morgan fingerprint density at radius 1 is 1.26 bits per heavy atom. The first-order valence-corrected chi connectivity index (χ1v) is 7.58.